The van der Waals surface area contributed by atoms with Crippen LogP contribution < -0.4 is 14.8 Å². The zero-order valence-corrected chi connectivity index (χ0v) is 13.7. The first kappa shape index (κ1) is 16.0. The lowest BCUT2D eigenvalue weighted by molar-refractivity contribution is -0.123. The van der Waals surface area contributed by atoms with E-state index in [0.29, 0.717) is 23.9 Å². The monoisotopic (exact) mass is 340 g/mol. The van der Waals surface area contributed by atoms with Crippen molar-refractivity contribution in [3.8, 4) is 17.4 Å². The van der Waals surface area contributed by atoms with Crippen LogP contribution in [0.5, 0.6) is 17.4 Å². The highest BCUT2D eigenvalue weighted by atomic mass is 32.1. The number of thiophene rings is 1. The smallest absolute Gasteiger partial charge is 0.258 e. The molecule has 0 atom stereocenters. The maximum Gasteiger partial charge on any atom is 0.258 e. The Kier molecular flexibility index (Phi) is 5.42. The van der Waals surface area contributed by atoms with Gasteiger partial charge in [-0.3, -0.25) is 4.79 Å². The Bertz CT molecular complexity index is 759. The number of rotatable bonds is 7. The Balaban J connectivity index is 1.45. The fraction of sp³-hybridized carbons (Fsp3) is 0.111. The standard InChI is InChI=1S/C18H16N2O3S/c21-17(20-12-16-4-3-11-24-16)13-22-14-6-8-15(9-7-14)23-18-5-1-2-10-19-18/h1-11H,12-13H2,(H,20,21). The number of benzene rings is 1. The third-order valence-corrected chi connectivity index (χ3v) is 3.97. The number of hydrogen-bond acceptors (Lipinski definition) is 5. The molecule has 122 valence electrons. The minimum absolute atomic E-state index is 0.0220. The number of pyridine rings is 1. The number of ether oxygens (including phenoxy) is 2. The van der Waals surface area contributed by atoms with E-state index in [1.807, 2.05) is 29.6 Å². The Morgan fingerprint density at radius 1 is 1.04 bits per heavy atom. The molecular formula is C18H16N2O3S. The maximum atomic E-state index is 11.8. The zero-order chi connectivity index (χ0) is 16.6. The van der Waals surface area contributed by atoms with Crippen molar-refractivity contribution in [2.45, 2.75) is 6.54 Å². The molecule has 6 heteroatoms. The van der Waals surface area contributed by atoms with Crippen molar-refractivity contribution in [3.63, 3.8) is 0 Å². The van der Waals surface area contributed by atoms with Crippen molar-refractivity contribution >= 4 is 17.2 Å². The van der Waals surface area contributed by atoms with Gasteiger partial charge in [0.25, 0.3) is 5.91 Å². The van der Waals surface area contributed by atoms with E-state index in [1.54, 1.807) is 47.9 Å². The van der Waals surface area contributed by atoms with E-state index in [9.17, 15) is 4.79 Å². The topological polar surface area (TPSA) is 60.5 Å². The van der Waals surface area contributed by atoms with Crippen molar-refractivity contribution < 1.29 is 14.3 Å². The summed E-state index contributed by atoms with van der Waals surface area (Å²) in [4.78, 5) is 17.0. The summed E-state index contributed by atoms with van der Waals surface area (Å²) in [5.74, 6) is 1.63. The van der Waals surface area contributed by atoms with E-state index in [-0.39, 0.29) is 12.5 Å². The van der Waals surface area contributed by atoms with Crippen LogP contribution in [0.2, 0.25) is 0 Å². The molecule has 2 aromatic heterocycles. The van der Waals surface area contributed by atoms with Gasteiger partial charge in [0.2, 0.25) is 5.88 Å². The van der Waals surface area contributed by atoms with Crippen molar-refractivity contribution in [1.29, 1.82) is 0 Å². The first-order valence-corrected chi connectivity index (χ1v) is 8.28. The van der Waals surface area contributed by atoms with Gasteiger partial charge < -0.3 is 14.8 Å². The van der Waals surface area contributed by atoms with E-state index in [4.69, 9.17) is 9.47 Å². The van der Waals surface area contributed by atoms with E-state index in [2.05, 4.69) is 10.3 Å². The lowest BCUT2D eigenvalue weighted by atomic mass is 10.3. The minimum Gasteiger partial charge on any atom is -0.484 e. The largest absolute Gasteiger partial charge is 0.484 e. The van der Waals surface area contributed by atoms with Crippen molar-refractivity contribution in [2.24, 2.45) is 0 Å². The van der Waals surface area contributed by atoms with Crippen LogP contribution in [-0.2, 0) is 11.3 Å². The molecule has 0 aliphatic heterocycles. The van der Waals surface area contributed by atoms with Crippen molar-refractivity contribution in [3.05, 3.63) is 71.1 Å². The summed E-state index contributed by atoms with van der Waals surface area (Å²) in [7, 11) is 0. The summed E-state index contributed by atoms with van der Waals surface area (Å²) in [6, 6.07) is 16.4. The molecule has 1 N–H and O–H groups in total. The fourth-order valence-electron chi connectivity index (χ4n) is 1.93. The van der Waals surface area contributed by atoms with Crippen LogP contribution in [0.25, 0.3) is 0 Å². The molecule has 2 heterocycles. The molecule has 3 aromatic rings. The predicted octanol–water partition coefficient (Wildman–Crippen LogP) is 3.63. The molecule has 0 unspecified atom stereocenters. The quantitative estimate of drug-likeness (QED) is 0.713. The fourth-order valence-corrected chi connectivity index (χ4v) is 2.58. The van der Waals surface area contributed by atoms with E-state index in [1.165, 1.54) is 0 Å². The lowest BCUT2D eigenvalue weighted by Gasteiger charge is -2.08. The average Bonchev–Trinajstić information content (AvgIpc) is 3.14. The second kappa shape index (κ2) is 8.12. The summed E-state index contributed by atoms with van der Waals surface area (Å²) in [5.41, 5.74) is 0. The summed E-state index contributed by atoms with van der Waals surface area (Å²) >= 11 is 1.61. The number of amides is 1. The Morgan fingerprint density at radius 2 is 1.88 bits per heavy atom. The normalized spacial score (nSPS) is 10.2. The predicted molar refractivity (Wildman–Crippen MR) is 92.4 cm³/mol. The summed E-state index contributed by atoms with van der Waals surface area (Å²) in [6.07, 6.45) is 1.67. The molecule has 0 saturated heterocycles. The van der Waals surface area contributed by atoms with Crippen LogP contribution in [0.3, 0.4) is 0 Å². The van der Waals surface area contributed by atoms with Crippen molar-refractivity contribution in [2.75, 3.05) is 6.61 Å². The Morgan fingerprint density at radius 3 is 2.58 bits per heavy atom. The van der Waals surface area contributed by atoms with Gasteiger partial charge in [0.1, 0.15) is 11.5 Å². The van der Waals surface area contributed by atoms with Crippen LogP contribution in [0.15, 0.2) is 66.2 Å². The molecule has 1 amide bonds. The lowest BCUT2D eigenvalue weighted by Crippen LogP contribution is -2.28. The molecule has 0 spiro atoms. The van der Waals surface area contributed by atoms with Crippen LogP contribution >= 0.6 is 11.3 Å². The highest BCUT2D eigenvalue weighted by Crippen LogP contribution is 2.22. The van der Waals surface area contributed by atoms with Crippen LogP contribution in [-0.4, -0.2) is 17.5 Å². The summed E-state index contributed by atoms with van der Waals surface area (Å²) in [5, 5.41) is 4.79. The molecule has 24 heavy (non-hydrogen) atoms. The number of nitrogens with one attached hydrogen (secondary N) is 1. The van der Waals surface area contributed by atoms with Gasteiger partial charge in [-0.1, -0.05) is 12.1 Å². The first-order valence-electron chi connectivity index (χ1n) is 7.40. The molecule has 0 aliphatic carbocycles. The first-order chi connectivity index (χ1) is 11.8. The summed E-state index contributed by atoms with van der Waals surface area (Å²) < 4.78 is 11.1. The number of carbonyl (C=O) groups is 1. The average molecular weight is 340 g/mol. The molecule has 0 saturated carbocycles. The zero-order valence-electron chi connectivity index (χ0n) is 12.8. The highest BCUT2D eigenvalue weighted by molar-refractivity contribution is 7.09. The molecule has 0 bridgehead atoms. The Hall–Kier alpha value is -2.86. The van der Waals surface area contributed by atoms with E-state index < -0.39 is 0 Å². The molecule has 1 aromatic carbocycles. The number of aromatic nitrogens is 1. The van der Waals surface area contributed by atoms with Crippen LogP contribution in [0.1, 0.15) is 4.88 Å². The number of carbonyl (C=O) groups excluding carboxylic acids is 1. The summed E-state index contributed by atoms with van der Waals surface area (Å²) in [6.45, 7) is 0.503. The minimum atomic E-state index is -0.155. The number of nitrogens with zero attached hydrogens (tertiary/aromatic N) is 1. The van der Waals surface area contributed by atoms with Gasteiger partial charge in [-0.05, 0) is 41.8 Å². The third kappa shape index (κ3) is 4.82. The highest BCUT2D eigenvalue weighted by Gasteiger charge is 2.04. The van der Waals surface area contributed by atoms with Gasteiger partial charge in [-0.2, -0.15) is 0 Å². The van der Waals surface area contributed by atoms with Gasteiger partial charge in [-0.15, -0.1) is 11.3 Å². The molecule has 0 radical (unpaired) electrons. The van der Waals surface area contributed by atoms with Gasteiger partial charge in [0.05, 0.1) is 6.54 Å². The van der Waals surface area contributed by atoms with Crippen LogP contribution in [0, 0.1) is 0 Å². The van der Waals surface area contributed by atoms with Gasteiger partial charge in [-0.25, -0.2) is 4.98 Å². The molecule has 3 rings (SSSR count). The second-order valence-electron chi connectivity index (χ2n) is 4.89. The van der Waals surface area contributed by atoms with Gasteiger partial charge >= 0.3 is 0 Å². The molecular weight excluding hydrogens is 324 g/mol. The van der Waals surface area contributed by atoms with E-state index >= 15 is 0 Å². The second-order valence-corrected chi connectivity index (χ2v) is 5.92. The molecule has 0 aliphatic rings. The van der Waals surface area contributed by atoms with Crippen LogP contribution in [0.4, 0.5) is 0 Å². The maximum absolute atomic E-state index is 11.8. The number of hydrogen-bond donors (Lipinski definition) is 1. The molecule has 0 fully saturated rings. The van der Waals surface area contributed by atoms with E-state index in [0.717, 1.165) is 4.88 Å². The third-order valence-electron chi connectivity index (χ3n) is 3.09. The SMILES string of the molecule is O=C(COc1ccc(Oc2ccccn2)cc1)NCc1cccs1. The van der Waals surface area contributed by atoms with Gasteiger partial charge in [0.15, 0.2) is 6.61 Å². The van der Waals surface area contributed by atoms with Gasteiger partial charge in [0, 0.05) is 17.1 Å². The Labute approximate surface area is 143 Å². The van der Waals surface area contributed by atoms with Crippen molar-refractivity contribution in [1.82, 2.24) is 10.3 Å². The molecule has 5 nitrogen and oxygen atoms in total.